The SMILES string of the molecule is CC(C)(C)c1ccc(N2c3cc(-n4c5c(c6ccccc64)/C=C(/C#N)C/C=C\C5)ccc3B3c4ccc(-n5c6ccc(C(C)(C)C)cc6c6cc(C(C)(C)C)ccc65)cc4N(c4ccc(C(C)(C)C)cc4-c4ccccc4)c4cc(-c5cccc6c5sc5ccc7c(c8ccccc8n7-c7ccccc7)c56)cc2c43)c(-c2ccccc2)c1. The van der Waals surface area contributed by atoms with E-state index in [9.17, 15) is 5.26 Å². The number of nitriles is 1. The Bertz CT molecular complexity index is 7240. The molecule has 0 bridgehead atoms. The second-order valence-corrected chi connectivity index (χ2v) is 37.7. The van der Waals surface area contributed by atoms with Crippen molar-refractivity contribution in [3.05, 3.63) is 342 Å². The minimum Gasteiger partial charge on any atom is -0.313 e. The van der Waals surface area contributed by atoms with Crippen molar-refractivity contribution in [1.29, 1.82) is 5.26 Å². The number of para-hydroxylation sites is 3. The van der Waals surface area contributed by atoms with Crippen molar-refractivity contribution in [2.75, 3.05) is 9.80 Å². The third kappa shape index (κ3) is 11.5. The molecule has 8 heteroatoms. The van der Waals surface area contributed by atoms with Crippen LogP contribution in [0.3, 0.4) is 0 Å². The lowest BCUT2D eigenvalue weighted by Crippen LogP contribution is -2.61. The van der Waals surface area contributed by atoms with E-state index in [0.29, 0.717) is 12.8 Å². The fourth-order valence-corrected chi connectivity index (χ4v) is 20.6. The third-order valence-electron chi connectivity index (χ3n) is 25.3. The lowest BCUT2D eigenvalue weighted by Gasteiger charge is -2.45. The summed E-state index contributed by atoms with van der Waals surface area (Å²) in [6.07, 6.45) is 7.87. The summed E-state index contributed by atoms with van der Waals surface area (Å²) in [5, 5.41) is 19.4. The van der Waals surface area contributed by atoms with Crippen molar-refractivity contribution in [2.45, 2.75) is 118 Å². The predicted octanol–water partition coefficient (Wildman–Crippen LogP) is 27.9. The fraction of sp³-hybridized carbons (Fsp3) is 0.165. The summed E-state index contributed by atoms with van der Waals surface area (Å²) >= 11 is 1.91. The normalized spacial score (nSPS) is 14.4. The van der Waals surface area contributed by atoms with Gasteiger partial charge in [0.05, 0.1) is 45.0 Å². The standard InChI is InChI=1S/C109H91BN6S/c1-106(2,3)71-43-51-92(82(60-71)68-30-16-13-17-31-68)115-97-64-76(113-89-40-26-23-36-79(89)84-57-67(66-111)29-22-25-42-91(84)113)47-49-87(97)110-88-50-48-77(114-94-53-45-73(108(7,8)9)62-85(94)86-63-74(109(10,11)12)46-54-95(86)114)65-98(88)116(93-52-44-72(107(4,5)6)61-83(93)69-32-18-14-19-33-69)100-59-70(58-99(115)104(100)110)78-38-28-39-81-103-101(117-105(78)81)56-55-96-102(103)80-37-24-27-41-90(80)112(96)75-34-20-15-21-35-75/h13-28,30-41,43-65H,29,42H2,1-12H3/b25-22-,67-57+. The van der Waals surface area contributed by atoms with Crippen LogP contribution in [0.15, 0.2) is 309 Å². The molecule has 117 heavy (non-hydrogen) atoms. The molecule has 18 aromatic rings. The van der Waals surface area contributed by atoms with Gasteiger partial charge in [0.1, 0.15) is 0 Å². The Morgan fingerprint density at radius 2 is 0.795 bits per heavy atom. The second kappa shape index (κ2) is 26.6. The van der Waals surface area contributed by atoms with Crippen LogP contribution in [0.5, 0.6) is 0 Å². The first-order valence-corrected chi connectivity index (χ1v) is 42.2. The van der Waals surface area contributed by atoms with E-state index in [4.69, 9.17) is 0 Å². The highest BCUT2D eigenvalue weighted by atomic mass is 32.1. The van der Waals surface area contributed by atoms with Gasteiger partial charge in [-0.25, -0.2) is 0 Å². The second-order valence-electron chi connectivity index (χ2n) is 36.7. The highest BCUT2D eigenvalue weighted by molar-refractivity contribution is 7.26. The first-order valence-electron chi connectivity index (χ1n) is 41.4. The fourth-order valence-electron chi connectivity index (χ4n) is 19.4. The molecule has 6 heterocycles. The zero-order valence-corrected chi connectivity index (χ0v) is 69.3. The van der Waals surface area contributed by atoms with Crippen LogP contribution in [0.4, 0.5) is 34.1 Å². The summed E-state index contributed by atoms with van der Waals surface area (Å²) in [6, 6.07) is 114. The maximum atomic E-state index is 10.7. The molecule has 2 aliphatic heterocycles. The smallest absolute Gasteiger partial charge is 0.252 e. The molecule has 0 radical (unpaired) electrons. The van der Waals surface area contributed by atoms with Gasteiger partial charge in [-0.05, 0) is 210 Å². The molecule has 1 aliphatic carbocycles. The molecule has 0 spiro atoms. The minimum absolute atomic E-state index is 0.0732. The van der Waals surface area contributed by atoms with Crippen LogP contribution in [0.1, 0.15) is 123 Å². The molecule has 4 aromatic heterocycles. The van der Waals surface area contributed by atoms with Crippen LogP contribution < -0.4 is 26.2 Å². The van der Waals surface area contributed by atoms with Crippen LogP contribution in [-0.4, -0.2) is 20.4 Å². The van der Waals surface area contributed by atoms with E-state index in [0.717, 1.165) is 107 Å². The number of nitrogens with zero attached hydrogens (tertiary/aromatic N) is 6. The molecule has 0 amide bonds. The van der Waals surface area contributed by atoms with Crippen molar-refractivity contribution < 1.29 is 0 Å². The Morgan fingerprint density at radius 1 is 0.333 bits per heavy atom. The van der Waals surface area contributed by atoms with Gasteiger partial charge in [0.2, 0.25) is 0 Å². The molecular formula is C109H91BN6S. The molecule has 3 aliphatic rings. The zero-order chi connectivity index (χ0) is 79.9. The van der Waals surface area contributed by atoms with Crippen molar-refractivity contribution in [3.8, 4) is 56.5 Å². The van der Waals surface area contributed by atoms with Gasteiger partial charge < -0.3 is 23.5 Å². The lowest BCUT2D eigenvalue weighted by molar-refractivity contribution is 0.590. The van der Waals surface area contributed by atoms with E-state index in [2.05, 4.69) is 422 Å². The van der Waals surface area contributed by atoms with E-state index in [1.807, 2.05) is 11.3 Å². The van der Waals surface area contributed by atoms with Crippen molar-refractivity contribution in [2.24, 2.45) is 0 Å². The van der Waals surface area contributed by atoms with E-state index in [1.54, 1.807) is 0 Å². The van der Waals surface area contributed by atoms with E-state index in [-0.39, 0.29) is 28.4 Å². The molecule has 6 nitrogen and oxygen atoms in total. The zero-order valence-electron chi connectivity index (χ0n) is 68.5. The summed E-state index contributed by atoms with van der Waals surface area (Å²) in [7, 11) is 0. The molecule has 0 N–H and O–H groups in total. The largest absolute Gasteiger partial charge is 0.313 e. The maximum absolute atomic E-state index is 10.7. The summed E-state index contributed by atoms with van der Waals surface area (Å²) in [5.41, 5.74) is 33.9. The van der Waals surface area contributed by atoms with Crippen LogP contribution in [0, 0.1) is 11.3 Å². The third-order valence-corrected chi connectivity index (χ3v) is 26.5. The van der Waals surface area contributed by atoms with Gasteiger partial charge in [-0.3, -0.25) is 0 Å². The predicted molar refractivity (Wildman–Crippen MR) is 501 cm³/mol. The number of hydrogen-bond acceptors (Lipinski definition) is 4. The summed E-state index contributed by atoms with van der Waals surface area (Å²) in [6.45, 7) is 27.7. The van der Waals surface area contributed by atoms with Crippen LogP contribution >= 0.6 is 11.3 Å². The molecule has 566 valence electrons. The summed E-state index contributed by atoms with van der Waals surface area (Å²) < 4.78 is 9.99. The maximum Gasteiger partial charge on any atom is 0.252 e. The lowest BCUT2D eigenvalue weighted by atomic mass is 9.33. The number of aromatic nitrogens is 3. The first-order chi connectivity index (χ1) is 56.5. The van der Waals surface area contributed by atoms with Crippen LogP contribution in [0.2, 0.25) is 0 Å². The monoisotopic (exact) mass is 1530 g/mol. The van der Waals surface area contributed by atoms with E-state index >= 15 is 0 Å². The van der Waals surface area contributed by atoms with Gasteiger partial charge in [-0.1, -0.05) is 265 Å². The van der Waals surface area contributed by atoms with Crippen molar-refractivity contribution in [1.82, 2.24) is 13.7 Å². The molecule has 14 aromatic carbocycles. The molecular weight excluding hydrogens is 1440 g/mol. The number of fused-ring (bicyclic) bond motifs is 17. The topological polar surface area (TPSA) is 45.1 Å². The molecule has 0 saturated carbocycles. The molecule has 0 fully saturated rings. The average molecular weight is 1530 g/mol. The molecule has 21 rings (SSSR count). The van der Waals surface area contributed by atoms with Crippen molar-refractivity contribution >= 4 is 149 Å². The minimum atomic E-state index is -0.282. The van der Waals surface area contributed by atoms with Crippen molar-refractivity contribution in [3.63, 3.8) is 0 Å². The van der Waals surface area contributed by atoms with Gasteiger partial charge in [-0.15, -0.1) is 11.3 Å². The van der Waals surface area contributed by atoms with E-state index in [1.165, 1.54) is 108 Å². The molecule has 0 saturated heterocycles. The van der Waals surface area contributed by atoms with Gasteiger partial charge >= 0.3 is 0 Å². The number of hydrogen-bond donors (Lipinski definition) is 0. The van der Waals surface area contributed by atoms with Gasteiger partial charge in [0.25, 0.3) is 6.71 Å². The number of thiophene rings is 1. The Kier molecular flexibility index (Phi) is 16.3. The Balaban J connectivity index is 0.922. The van der Waals surface area contributed by atoms with Crippen LogP contribution in [0.25, 0.3) is 131 Å². The van der Waals surface area contributed by atoms with Gasteiger partial charge in [0, 0.05) is 128 Å². The first kappa shape index (κ1) is 71.8. The molecule has 0 atom stereocenters. The Labute approximate surface area is 689 Å². The number of allylic oxidation sites excluding steroid dienone is 3. The Hall–Kier alpha value is -12.9. The summed E-state index contributed by atoms with van der Waals surface area (Å²) in [5.74, 6) is 0. The van der Waals surface area contributed by atoms with E-state index < -0.39 is 0 Å². The Morgan fingerprint density at radius 3 is 1.35 bits per heavy atom. The molecule has 0 unspecified atom stereocenters. The van der Waals surface area contributed by atoms with Gasteiger partial charge in [0.15, 0.2) is 0 Å². The highest BCUT2D eigenvalue weighted by Gasteiger charge is 2.46. The summed E-state index contributed by atoms with van der Waals surface area (Å²) in [4.78, 5) is 5.37. The van der Waals surface area contributed by atoms with Crippen LogP contribution in [-0.2, 0) is 28.1 Å². The highest BCUT2D eigenvalue weighted by Crippen LogP contribution is 2.55. The number of benzene rings is 14. The quantitative estimate of drug-likeness (QED) is 0.112. The number of anilines is 6. The van der Waals surface area contributed by atoms with Gasteiger partial charge in [-0.2, -0.15) is 5.26 Å². The number of rotatable bonds is 8. The average Bonchev–Trinajstić information content (AvgIpc) is 0.763.